The van der Waals surface area contributed by atoms with Crippen molar-refractivity contribution in [1.29, 1.82) is 0 Å². The van der Waals surface area contributed by atoms with E-state index in [1.807, 2.05) is 42.6 Å². The fraction of sp³-hybridized carbons (Fsp3) is 0.303. The van der Waals surface area contributed by atoms with Crippen molar-refractivity contribution in [3.63, 3.8) is 0 Å². The minimum absolute atomic E-state index is 0.0864. The Morgan fingerprint density at radius 2 is 1.60 bits per heavy atom. The van der Waals surface area contributed by atoms with Crippen LogP contribution in [0.15, 0.2) is 102 Å². The Balaban J connectivity index is 1.43. The second-order valence-electron chi connectivity index (χ2n) is 10.5. The van der Waals surface area contributed by atoms with Gasteiger partial charge in [-0.3, -0.25) is 4.79 Å². The Bertz CT molecular complexity index is 1350. The van der Waals surface area contributed by atoms with Crippen LogP contribution >= 0.6 is 0 Å². The summed E-state index contributed by atoms with van der Waals surface area (Å²) in [4.78, 5) is 27.2. The third kappa shape index (κ3) is 7.59. The molecule has 0 saturated heterocycles. The second kappa shape index (κ2) is 13.6. The first-order valence-corrected chi connectivity index (χ1v) is 14.2. The molecule has 7 nitrogen and oxygen atoms in total. The maximum absolute atomic E-state index is 11.9. The van der Waals surface area contributed by atoms with Crippen molar-refractivity contribution in [2.45, 2.75) is 63.6 Å². The Kier molecular flexibility index (Phi) is 9.25. The Morgan fingerprint density at radius 1 is 0.925 bits per heavy atom. The smallest absolute Gasteiger partial charge is 0.218 e. The molecule has 1 aromatic heterocycles. The molecule has 4 aromatic rings. The lowest BCUT2D eigenvalue weighted by Gasteiger charge is -2.29. The maximum Gasteiger partial charge on any atom is 0.218 e. The summed E-state index contributed by atoms with van der Waals surface area (Å²) >= 11 is 0. The van der Waals surface area contributed by atoms with E-state index in [1.165, 1.54) is 24.8 Å². The van der Waals surface area contributed by atoms with Crippen LogP contribution in [0, 0.1) is 0 Å². The molecule has 1 aliphatic rings. The number of hydrogen-bond acceptors (Lipinski definition) is 3. The number of nitrogens with two attached hydrogens (primary N) is 1. The molecule has 1 saturated carbocycles. The molecule has 0 spiro atoms. The van der Waals surface area contributed by atoms with Crippen LogP contribution in [0.5, 0.6) is 0 Å². The van der Waals surface area contributed by atoms with Crippen molar-refractivity contribution in [3.05, 3.63) is 120 Å². The van der Waals surface area contributed by atoms with E-state index < -0.39 is 0 Å². The third-order valence-corrected chi connectivity index (χ3v) is 7.47. The first-order valence-electron chi connectivity index (χ1n) is 14.2. The summed E-state index contributed by atoms with van der Waals surface area (Å²) in [7, 11) is 0. The summed E-state index contributed by atoms with van der Waals surface area (Å²) in [5.41, 5.74) is 9.91. The molecule has 1 unspecified atom stereocenters. The summed E-state index contributed by atoms with van der Waals surface area (Å²) in [6, 6.07) is 29.1. The zero-order valence-electron chi connectivity index (χ0n) is 22.9. The number of anilines is 1. The fourth-order valence-electron chi connectivity index (χ4n) is 5.39. The molecule has 0 bridgehead atoms. The molecule has 1 atom stereocenters. The number of benzene rings is 3. The van der Waals surface area contributed by atoms with E-state index in [1.54, 1.807) is 6.20 Å². The number of nitrogens with zero attached hydrogens (tertiary/aromatic N) is 3. The van der Waals surface area contributed by atoms with Gasteiger partial charge in [0.15, 0.2) is 5.96 Å². The molecule has 206 valence electrons. The van der Waals surface area contributed by atoms with Gasteiger partial charge in [0.25, 0.3) is 0 Å². The van der Waals surface area contributed by atoms with Gasteiger partial charge >= 0.3 is 0 Å². The summed E-state index contributed by atoms with van der Waals surface area (Å²) < 4.78 is 0. The van der Waals surface area contributed by atoms with Gasteiger partial charge in [-0.15, -0.1) is 0 Å². The fourth-order valence-corrected chi connectivity index (χ4v) is 5.39. The third-order valence-electron chi connectivity index (χ3n) is 7.47. The highest BCUT2D eigenvalue weighted by atomic mass is 16.1. The number of rotatable bonds is 10. The van der Waals surface area contributed by atoms with Crippen LogP contribution in [0.2, 0.25) is 0 Å². The Labute approximate surface area is 236 Å². The lowest BCUT2D eigenvalue weighted by atomic mass is 9.88. The number of carbonyl (C=O) groups is 1. The van der Waals surface area contributed by atoms with E-state index in [4.69, 9.17) is 10.7 Å². The number of aromatic nitrogens is 2. The number of guanidine groups is 1. The number of nitrogens with one attached hydrogen (secondary N) is 2. The highest BCUT2D eigenvalue weighted by Crippen LogP contribution is 2.29. The molecule has 0 radical (unpaired) electrons. The predicted octanol–water partition coefficient (Wildman–Crippen LogP) is 6.22. The zero-order valence-corrected chi connectivity index (χ0v) is 22.9. The standard InChI is InChI=1S/C33H38N6O/c34-31(40)22-30(26-12-6-2-7-13-26)27-16-18-29(19-17-27)38-33(37-28-14-8-3-9-15-28)39(24-32-35-20-21-36-32)23-25-10-4-1-5-11-25/h1-2,4-7,10-13,16-21,28,30H,3,8-9,14-15,22-24H2,(H2,34,40)(H,35,36)(H,37,38). The highest BCUT2D eigenvalue weighted by molar-refractivity contribution is 5.93. The van der Waals surface area contributed by atoms with Crippen molar-refractivity contribution < 1.29 is 4.79 Å². The van der Waals surface area contributed by atoms with Crippen molar-refractivity contribution in [2.24, 2.45) is 10.7 Å². The number of hydrogen-bond donors (Lipinski definition) is 3. The first kappa shape index (κ1) is 27.2. The van der Waals surface area contributed by atoms with Crippen LogP contribution in [0.3, 0.4) is 0 Å². The molecule has 40 heavy (non-hydrogen) atoms. The minimum Gasteiger partial charge on any atom is -0.370 e. The van der Waals surface area contributed by atoms with Crippen molar-refractivity contribution >= 4 is 17.6 Å². The van der Waals surface area contributed by atoms with Crippen LogP contribution in [0.1, 0.15) is 67.0 Å². The van der Waals surface area contributed by atoms with Gasteiger partial charge in [0.2, 0.25) is 5.91 Å². The number of imidazole rings is 1. The summed E-state index contributed by atoms with van der Waals surface area (Å²) in [6.07, 6.45) is 9.83. The normalized spacial score (nSPS) is 14.9. The largest absolute Gasteiger partial charge is 0.370 e. The quantitative estimate of drug-likeness (QED) is 0.166. The Morgan fingerprint density at radius 3 is 2.25 bits per heavy atom. The molecule has 1 heterocycles. The van der Waals surface area contributed by atoms with Crippen molar-refractivity contribution in [1.82, 2.24) is 14.9 Å². The van der Waals surface area contributed by atoms with Gasteiger partial charge in [0, 0.05) is 37.0 Å². The molecule has 1 aliphatic carbocycles. The predicted molar refractivity (Wildman–Crippen MR) is 161 cm³/mol. The van der Waals surface area contributed by atoms with Gasteiger partial charge in [0.1, 0.15) is 5.82 Å². The van der Waals surface area contributed by atoms with Gasteiger partial charge in [-0.05, 0) is 41.7 Å². The average Bonchev–Trinajstić information content (AvgIpc) is 3.50. The van der Waals surface area contributed by atoms with Crippen molar-refractivity contribution in [2.75, 3.05) is 5.32 Å². The van der Waals surface area contributed by atoms with Crippen molar-refractivity contribution in [3.8, 4) is 0 Å². The number of carbonyl (C=O) groups excluding carboxylic acids is 1. The molecule has 4 N–H and O–H groups in total. The van der Waals surface area contributed by atoms with E-state index in [9.17, 15) is 4.79 Å². The molecule has 1 fully saturated rings. The first-order chi connectivity index (χ1) is 19.6. The molecular formula is C33H38N6O. The van der Waals surface area contributed by atoms with Crippen LogP contribution < -0.4 is 11.1 Å². The molecule has 0 aliphatic heterocycles. The van der Waals surface area contributed by atoms with E-state index in [-0.39, 0.29) is 18.2 Å². The van der Waals surface area contributed by atoms with Gasteiger partial charge in [-0.1, -0.05) is 92.1 Å². The number of amides is 1. The molecule has 3 aromatic carbocycles. The Hall–Kier alpha value is -4.39. The lowest BCUT2D eigenvalue weighted by Crippen LogP contribution is -2.37. The summed E-state index contributed by atoms with van der Waals surface area (Å²) in [6.45, 7) is 1.31. The van der Waals surface area contributed by atoms with Crippen LogP contribution in [-0.2, 0) is 17.9 Å². The van der Waals surface area contributed by atoms with Crippen LogP contribution in [0.25, 0.3) is 0 Å². The minimum atomic E-state index is -0.313. The zero-order chi connectivity index (χ0) is 27.6. The monoisotopic (exact) mass is 534 g/mol. The molecular weight excluding hydrogens is 496 g/mol. The second-order valence-corrected chi connectivity index (χ2v) is 10.5. The van der Waals surface area contributed by atoms with Gasteiger partial charge in [-0.25, -0.2) is 9.98 Å². The van der Waals surface area contributed by atoms with E-state index in [2.05, 4.69) is 68.7 Å². The molecule has 5 rings (SSSR count). The molecule has 7 heteroatoms. The van der Waals surface area contributed by atoms with E-state index in [0.717, 1.165) is 41.4 Å². The lowest BCUT2D eigenvalue weighted by molar-refractivity contribution is -0.118. The number of primary amides is 1. The van der Waals surface area contributed by atoms with Gasteiger partial charge < -0.3 is 20.9 Å². The van der Waals surface area contributed by atoms with Gasteiger partial charge in [0.05, 0.1) is 12.6 Å². The SMILES string of the molecule is NC(=O)CC(c1ccccc1)c1ccc(NC(=NC2CCCCC2)N(Cc2ccccc2)Cc2ncc[nH]2)cc1. The van der Waals surface area contributed by atoms with E-state index in [0.29, 0.717) is 19.1 Å². The molecule has 1 amide bonds. The number of H-pyrrole nitrogens is 1. The number of aliphatic imine (C=N–C) groups is 1. The number of aromatic amines is 1. The van der Waals surface area contributed by atoms with Crippen LogP contribution in [-0.4, -0.2) is 32.8 Å². The topological polar surface area (TPSA) is 99.4 Å². The van der Waals surface area contributed by atoms with Gasteiger partial charge in [-0.2, -0.15) is 0 Å². The average molecular weight is 535 g/mol. The highest BCUT2D eigenvalue weighted by Gasteiger charge is 2.20. The summed E-state index contributed by atoms with van der Waals surface area (Å²) in [5.74, 6) is 1.34. The van der Waals surface area contributed by atoms with Crippen LogP contribution in [0.4, 0.5) is 5.69 Å². The maximum atomic E-state index is 11.9. The van der Waals surface area contributed by atoms with E-state index >= 15 is 0 Å². The summed E-state index contributed by atoms with van der Waals surface area (Å²) in [5, 5.41) is 3.65.